The van der Waals surface area contributed by atoms with Gasteiger partial charge in [0.15, 0.2) is 0 Å². The molecule has 0 saturated carbocycles. The van der Waals surface area contributed by atoms with Crippen LogP contribution in [0, 0.1) is 22.6 Å². The monoisotopic (exact) mass is 261 g/mol. The summed E-state index contributed by atoms with van der Waals surface area (Å²) in [6.45, 7) is 3.57. The van der Waals surface area contributed by atoms with Gasteiger partial charge in [0.2, 0.25) is 5.91 Å². The number of carbonyl (C=O) groups excluding carboxylic acids is 1. The van der Waals surface area contributed by atoms with Crippen molar-refractivity contribution in [2.75, 3.05) is 13.1 Å². The highest BCUT2D eigenvalue weighted by molar-refractivity contribution is 5.81. The summed E-state index contributed by atoms with van der Waals surface area (Å²) >= 11 is 0. The molecule has 1 fully saturated rings. The van der Waals surface area contributed by atoms with Crippen LogP contribution < -0.4 is 5.73 Å². The molecule has 0 aromatic heterocycles. The molecule has 100 valence electrons. The molecule has 1 unspecified atom stereocenters. The summed E-state index contributed by atoms with van der Waals surface area (Å²) in [5, 5.41) is 9.01. The molecule has 2 N–H and O–H groups in total. The molecule has 1 aromatic rings. The number of nitrogens with zero attached hydrogens (tertiary/aromatic N) is 2. The number of hydrogen-bond donors (Lipinski definition) is 1. The number of benzene rings is 1. The van der Waals surface area contributed by atoms with Gasteiger partial charge in [-0.25, -0.2) is 4.39 Å². The van der Waals surface area contributed by atoms with Gasteiger partial charge >= 0.3 is 0 Å². The van der Waals surface area contributed by atoms with Crippen LogP contribution in [0.15, 0.2) is 18.2 Å². The molecule has 0 bridgehead atoms. The van der Waals surface area contributed by atoms with Crippen molar-refractivity contribution in [3.8, 4) is 6.07 Å². The fourth-order valence-electron chi connectivity index (χ4n) is 2.44. The molecule has 0 radical (unpaired) electrons. The number of nitrogens with two attached hydrogens (primary N) is 1. The number of halogens is 1. The number of hydrogen-bond acceptors (Lipinski definition) is 3. The first-order valence-electron chi connectivity index (χ1n) is 6.15. The van der Waals surface area contributed by atoms with Crippen molar-refractivity contribution in [2.45, 2.75) is 19.9 Å². The largest absolute Gasteiger partial charge is 0.369 e. The van der Waals surface area contributed by atoms with E-state index in [2.05, 4.69) is 6.07 Å². The Kier molecular flexibility index (Phi) is 3.54. The first kappa shape index (κ1) is 13.5. The second-order valence-corrected chi connectivity index (χ2v) is 5.30. The molecule has 1 heterocycles. The van der Waals surface area contributed by atoms with E-state index in [0.717, 1.165) is 6.54 Å². The van der Waals surface area contributed by atoms with Crippen LogP contribution in [0.2, 0.25) is 0 Å². The lowest BCUT2D eigenvalue weighted by Crippen LogP contribution is -2.37. The van der Waals surface area contributed by atoms with E-state index in [1.165, 1.54) is 18.2 Å². The number of likely N-dealkylation sites (tertiary alicyclic amines) is 1. The number of nitriles is 1. The van der Waals surface area contributed by atoms with Crippen molar-refractivity contribution < 1.29 is 9.18 Å². The smallest absolute Gasteiger partial charge is 0.224 e. The molecule has 1 saturated heterocycles. The van der Waals surface area contributed by atoms with Gasteiger partial charge < -0.3 is 5.73 Å². The lowest BCUT2D eigenvalue weighted by Gasteiger charge is -2.21. The van der Waals surface area contributed by atoms with E-state index in [0.29, 0.717) is 30.6 Å². The Balaban J connectivity index is 2.14. The average Bonchev–Trinajstić information content (AvgIpc) is 2.73. The summed E-state index contributed by atoms with van der Waals surface area (Å²) in [5.74, 6) is -0.666. The van der Waals surface area contributed by atoms with Crippen molar-refractivity contribution in [3.05, 3.63) is 35.1 Å². The molecule has 1 aromatic carbocycles. The zero-order valence-electron chi connectivity index (χ0n) is 10.8. The zero-order valence-corrected chi connectivity index (χ0v) is 10.8. The Bertz CT molecular complexity index is 552. The van der Waals surface area contributed by atoms with Crippen molar-refractivity contribution >= 4 is 5.91 Å². The van der Waals surface area contributed by atoms with Gasteiger partial charge in [0, 0.05) is 13.1 Å². The lowest BCUT2D eigenvalue weighted by molar-refractivity contribution is -0.126. The predicted molar refractivity (Wildman–Crippen MR) is 68.3 cm³/mol. The topological polar surface area (TPSA) is 70.1 Å². The third-order valence-corrected chi connectivity index (χ3v) is 3.73. The van der Waals surface area contributed by atoms with Gasteiger partial charge in [-0.3, -0.25) is 9.69 Å². The van der Waals surface area contributed by atoms with E-state index in [-0.39, 0.29) is 11.7 Å². The van der Waals surface area contributed by atoms with Crippen LogP contribution in [0.3, 0.4) is 0 Å². The van der Waals surface area contributed by atoms with E-state index in [1.807, 2.05) is 11.8 Å². The molecule has 4 nitrogen and oxygen atoms in total. The molecule has 1 aliphatic heterocycles. The molecule has 2 rings (SSSR count). The van der Waals surface area contributed by atoms with Crippen LogP contribution in [0.5, 0.6) is 0 Å². The molecule has 1 atom stereocenters. The van der Waals surface area contributed by atoms with E-state index in [1.54, 1.807) is 0 Å². The van der Waals surface area contributed by atoms with Gasteiger partial charge in [0.05, 0.1) is 17.0 Å². The van der Waals surface area contributed by atoms with Crippen molar-refractivity contribution in [2.24, 2.45) is 11.1 Å². The summed E-state index contributed by atoms with van der Waals surface area (Å²) in [7, 11) is 0. The van der Waals surface area contributed by atoms with E-state index < -0.39 is 5.41 Å². The second-order valence-electron chi connectivity index (χ2n) is 5.30. The van der Waals surface area contributed by atoms with Gasteiger partial charge in [-0.05, 0) is 43.7 Å². The first-order chi connectivity index (χ1) is 8.94. The fraction of sp³-hybridized carbons (Fsp3) is 0.429. The number of amides is 1. The van der Waals surface area contributed by atoms with Gasteiger partial charge in [0.25, 0.3) is 0 Å². The Morgan fingerprint density at radius 2 is 2.37 bits per heavy atom. The maximum atomic E-state index is 13.2. The fourth-order valence-corrected chi connectivity index (χ4v) is 2.44. The van der Waals surface area contributed by atoms with Gasteiger partial charge in [-0.2, -0.15) is 5.26 Å². The summed E-state index contributed by atoms with van der Waals surface area (Å²) in [6.07, 6.45) is 0.694. The van der Waals surface area contributed by atoms with Crippen molar-refractivity contribution in [1.82, 2.24) is 4.90 Å². The van der Waals surface area contributed by atoms with Crippen LogP contribution in [0.4, 0.5) is 4.39 Å². The number of carbonyl (C=O) groups is 1. The summed E-state index contributed by atoms with van der Waals surface area (Å²) < 4.78 is 13.2. The minimum Gasteiger partial charge on any atom is -0.369 e. The Hall–Kier alpha value is -1.93. The average molecular weight is 261 g/mol. The standard InChI is InChI=1S/C14H16FN3O/c1-14(13(17)19)4-5-18(9-14)8-11-6-12(15)3-2-10(11)7-16/h2-3,6H,4-5,8-9H2,1H3,(H2,17,19). The van der Waals surface area contributed by atoms with E-state index in [4.69, 9.17) is 11.0 Å². The summed E-state index contributed by atoms with van der Waals surface area (Å²) in [5.41, 5.74) is 5.98. The minimum atomic E-state index is -0.528. The third kappa shape index (κ3) is 2.74. The Morgan fingerprint density at radius 3 is 2.95 bits per heavy atom. The van der Waals surface area contributed by atoms with Crippen LogP contribution >= 0.6 is 0 Å². The highest BCUT2D eigenvalue weighted by Gasteiger charge is 2.38. The van der Waals surface area contributed by atoms with Gasteiger partial charge in [0.1, 0.15) is 5.82 Å². The molecule has 0 aliphatic carbocycles. The molecule has 19 heavy (non-hydrogen) atoms. The predicted octanol–water partition coefficient (Wildman–Crippen LogP) is 1.39. The van der Waals surface area contributed by atoms with Crippen LogP contribution in [-0.4, -0.2) is 23.9 Å². The van der Waals surface area contributed by atoms with Crippen molar-refractivity contribution in [3.63, 3.8) is 0 Å². The van der Waals surface area contributed by atoms with Gasteiger partial charge in [-0.1, -0.05) is 0 Å². The quantitative estimate of drug-likeness (QED) is 0.894. The number of rotatable bonds is 3. The Labute approximate surface area is 111 Å². The highest BCUT2D eigenvalue weighted by Crippen LogP contribution is 2.30. The maximum absolute atomic E-state index is 13.2. The molecule has 5 heteroatoms. The minimum absolute atomic E-state index is 0.310. The second kappa shape index (κ2) is 4.98. The third-order valence-electron chi connectivity index (χ3n) is 3.73. The summed E-state index contributed by atoms with van der Waals surface area (Å²) in [4.78, 5) is 13.4. The number of primary amides is 1. The molecular formula is C14H16FN3O. The SMILES string of the molecule is CC1(C(N)=O)CCN(Cc2cc(F)ccc2C#N)C1. The van der Waals surface area contributed by atoms with E-state index >= 15 is 0 Å². The Morgan fingerprint density at radius 1 is 1.63 bits per heavy atom. The lowest BCUT2D eigenvalue weighted by atomic mass is 9.89. The molecule has 1 aliphatic rings. The van der Waals surface area contributed by atoms with Gasteiger partial charge in [-0.15, -0.1) is 0 Å². The van der Waals surface area contributed by atoms with Crippen molar-refractivity contribution in [1.29, 1.82) is 5.26 Å². The molecule has 0 spiro atoms. The molecular weight excluding hydrogens is 245 g/mol. The van der Waals surface area contributed by atoms with Crippen LogP contribution in [0.1, 0.15) is 24.5 Å². The van der Waals surface area contributed by atoms with Crippen LogP contribution in [0.25, 0.3) is 0 Å². The summed E-state index contributed by atoms with van der Waals surface area (Å²) in [6, 6.07) is 6.19. The highest BCUT2D eigenvalue weighted by atomic mass is 19.1. The maximum Gasteiger partial charge on any atom is 0.224 e. The zero-order chi connectivity index (χ0) is 14.0. The van der Waals surface area contributed by atoms with E-state index in [9.17, 15) is 9.18 Å². The first-order valence-corrected chi connectivity index (χ1v) is 6.15. The molecule has 1 amide bonds. The van der Waals surface area contributed by atoms with Crippen LogP contribution in [-0.2, 0) is 11.3 Å². The normalized spacial score (nSPS) is 23.2.